The van der Waals surface area contributed by atoms with E-state index < -0.39 is 0 Å². The second-order valence-electron chi connectivity index (χ2n) is 1.82. The highest BCUT2D eigenvalue weighted by Gasteiger charge is 1.36. The Bertz CT molecular complexity index is 19.2. The van der Waals surface area contributed by atoms with Crippen LogP contribution in [0, 0.1) is 0 Å². The molecule has 0 aromatic rings. The lowest BCUT2D eigenvalue weighted by Gasteiger charge is -1.48. The van der Waals surface area contributed by atoms with Crippen LogP contribution in [0.15, 0.2) is 12.7 Å². The highest BCUT2D eigenvalue weighted by Crippen LogP contribution is 1.56. The zero-order valence-corrected chi connectivity index (χ0v) is 13.7. The van der Waals surface area contributed by atoms with Gasteiger partial charge in [0.05, 0.1) is 0 Å². The highest BCUT2D eigenvalue weighted by molar-refractivity contribution is 4.51. The van der Waals surface area contributed by atoms with Gasteiger partial charge in [0.1, 0.15) is 0 Å². The second-order valence-corrected chi connectivity index (χ2v) is 1.82. The first-order valence-corrected chi connectivity index (χ1v) is 6.81. The van der Waals surface area contributed by atoms with Crippen LogP contribution in [-0.4, -0.2) is 0 Å². The Hall–Kier alpha value is -0.260. The summed E-state index contributed by atoms with van der Waals surface area (Å²) < 4.78 is 0. The Morgan fingerprint density at radius 1 is 0.667 bits per heavy atom. The molecule has 0 aliphatic carbocycles. The SMILES string of the molecule is C=CC.CC.CC.CC.CCC.CCC. The predicted molar refractivity (Wildman–Crippen MR) is 81.8 cm³/mol. The number of rotatable bonds is 0. The number of hydrogen-bond donors (Lipinski definition) is 0. The summed E-state index contributed by atoms with van der Waals surface area (Å²) in [4.78, 5) is 0. The van der Waals surface area contributed by atoms with Crippen molar-refractivity contribution in [3.05, 3.63) is 12.7 Å². The van der Waals surface area contributed by atoms with Crippen LogP contribution in [0.5, 0.6) is 0 Å². The summed E-state index contributed by atoms with van der Waals surface area (Å²) in [6.07, 6.45) is 4.25. The van der Waals surface area contributed by atoms with Crippen molar-refractivity contribution in [3.8, 4) is 0 Å². The molecule has 0 fully saturated rings. The Morgan fingerprint density at radius 3 is 0.667 bits per heavy atom. The standard InChI is InChI=1S/2C3H8.C3H6.3C2H6/c3*1-3-2;3*1-2/h2*3H2,1-2H3;3H,1H2,2H3;3*1-2H3. The summed E-state index contributed by atoms with van der Waals surface area (Å²) >= 11 is 0. The van der Waals surface area contributed by atoms with Crippen molar-refractivity contribution in [2.45, 2.75) is 89.0 Å². The molecular weight excluding hydrogens is 180 g/mol. The van der Waals surface area contributed by atoms with Gasteiger partial charge in [-0.3, -0.25) is 0 Å². The minimum atomic E-state index is 1.25. The van der Waals surface area contributed by atoms with Gasteiger partial charge in [0.15, 0.2) is 0 Å². The van der Waals surface area contributed by atoms with Crippen molar-refractivity contribution >= 4 is 0 Å². The van der Waals surface area contributed by atoms with Gasteiger partial charge in [0, 0.05) is 0 Å². The first-order chi connectivity index (χ1) is 7.24. The molecule has 0 heteroatoms. The Morgan fingerprint density at radius 2 is 0.667 bits per heavy atom. The molecule has 0 N–H and O–H groups in total. The topological polar surface area (TPSA) is 0 Å². The van der Waals surface area contributed by atoms with Crippen molar-refractivity contribution in [2.24, 2.45) is 0 Å². The largest absolute Gasteiger partial charge is 0.103 e. The van der Waals surface area contributed by atoms with Gasteiger partial charge in [-0.25, -0.2) is 0 Å². The molecule has 0 saturated heterocycles. The summed E-state index contributed by atoms with van der Waals surface area (Å²) in [7, 11) is 0. The minimum absolute atomic E-state index is 1.25. The lowest BCUT2D eigenvalue weighted by molar-refractivity contribution is 1.09. The molecule has 0 atom stereocenters. The van der Waals surface area contributed by atoms with Gasteiger partial charge in [0.25, 0.3) is 0 Å². The zero-order chi connectivity index (χ0) is 14.1. The van der Waals surface area contributed by atoms with E-state index in [1.54, 1.807) is 6.08 Å². The van der Waals surface area contributed by atoms with Crippen LogP contribution < -0.4 is 0 Å². The fraction of sp³-hybridized carbons (Fsp3) is 0.867. The van der Waals surface area contributed by atoms with Gasteiger partial charge in [-0.15, -0.1) is 6.58 Å². The molecule has 15 heavy (non-hydrogen) atoms. The van der Waals surface area contributed by atoms with E-state index in [2.05, 4.69) is 34.3 Å². The van der Waals surface area contributed by atoms with Crippen molar-refractivity contribution < 1.29 is 0 Å². The van der Waals surface area contributed by atoms with Gasteiger partial charge >= 0.3 is 0 Å². The van der Waals surface area contributed by atoms with Gasteiger partial charge in [-0.2, -0.15) is 0 Å². The van der Waals surface area contributed by atoms with E-state index in [-0.39, 0.29) is 0 Å². The maximum atomic E-state index is 3.36. The number of hydrogen-bond acceptors (Lipinski definition) is 0. The molecule has 0 aliphatic heterocycles. The van der Waals surface area contributed by atoms with Crippen molar-refractivity contribution in [1.82, 2.24) is 0 Å². The molecule has 0 aromatic carbocycles. The molecule has 0 saturated carbocycles. The Kier molecular flexibility index (Phi) is 721. The highest BCUT2D eigenvalue weighted by atomic mass is 13.4. The first kappa shape index (κ1) is 36.4. The van der Waals surface area contributed by atoms with Gasteiger partial charge < -0.3 is 0 Å². The molecular formula is C15H40. The summed E-state index contributed by atoms with van der Waals surface area (Å²) in [5.41, 5.74) is 0. The van der Waals surface area contributed by atoms with E-state index in [0.717, 1.165) is 0 Å². The molecule has 0 amide bonds. The van der Waals surface area contributed by atoms with E-state index in [1.165, 1.54) is 12.8 Å². The molecule has 0 rings (SSSR count). The normalized spacial score (nSPS) is 4.47. The van der Waals surface area contributed by atoms with Crippen LogP contribution in [0.1, 0.15) is 89.0 Å². The Labute approximate surface area is 102 Å². The average Bonchev–Trinajstić information content (AvgIpc) is 2.29. The van der Waals surface area contributed by atoms with Crippen LogP contribution in [0.3, 0.4) is 0 Å². The molecule has 0 unspecified atom stereocenters. The third-order valence-corrected chi connectivity index (χ3v) is 0. The molecule has 0 aromatic heterocycles. The molecule has 0 radical (unpaired) electrons. The molecule has 0 heterocycles. The maximum Gasteiger partial charge on any atom is -0.0473 e. The van der Waals surface area contributed by atoms with Crippen molar-refractivity contribution in [1.29, 1.82) is 0 Å². The van der Waals surface area contributed by atoms with Crippen LogP contribution in [-0.2, 0) is 0 Å². The number of allylic oxidation sites excluding steroid dienone is 1. The molecule has 0 spiro atoms. The van der Waals surface area contributed by atoms with E-state index in [4.69, 9.17) is 0 Å². The van der Waals surface area contributed by atoms with Crippen LogP contribution in [0.25, 0.3) is 0 Å². The van der Waals surface area contributed by atoms with Crippen LogP contribution in [0.4, 0.5) is 0 Å². The monoisotopic (exact) mass is 220 g/mol. The second kappa shape index (κ2) is 297. The fourth-order valence-electron chi connectivity index (χ4n) is 0. The van der Waals surface area contributed by atoms with Crippen molar-refractivity contribution in [3.63, 3.8) is 0 Å². The molecule has 0 aliphatic rings. The predicted octanol–water partition coefficient (Wildman–Crippen LogP) is 7.10. The molecule has 0 nitrogen and oxygen atoms in total. The summed E-state index contributed by atoms with van der Waals surface area (Å²) in [5.74, 6) is 0. The Balaban J connectivity index is -0.0000000164. The third-order valence-electron chi connectivity index (χ3n) is 0. The summed E-state index contributed by atoms with van der Waals surface area (Å²) in [6.45, 7) is 25.8. The van der Waals surface area contributed by atoms with Crippen LogP contribution in [0.2, 0.25) is 0 Å². The van der Waals surface area contributed by atoms with Crippen LogP contribution >= 0.6 is 0 Å². The van der Waals surface area contributed by atoms with E-state index in [0.29, 0.717) is 0 Å². The maximum absolute atomic E-state index is 3.36. The minimum Gasteiger partial charge on any atom is -0.103 e. The molecule has 0 bridgehead atoms. The van der Waals surface area contributed by atoms with E-state index >= 15 is 0 Å². The molecule has 100 valence electrons. The zero-order valence-electron chi connectivity index (χ0n) is 13.7. The summed E-state index contributed by atoms with van der Waals surface area (Å²) in [6, 6.07) is 0. The fourth-order valence-corrected chi connectivity index (χ4v) is 0. The smallest absolute Gasteiger partial charge is 0.0473 e. The average molecular weight is 220 g/mol. The van der Waals surface area contributed by atoms with Gasteiger partial charge in [-0.05, 0) is 6.92 Å². The lowest BCUT2D eigenvalue weighted by Crippen LogP contribution is -1.27. The first-order valence-electron chi connectivity index (χ1n) is 6.81. The van der Waals surface area contributed by atoms with E-state index in [1.807, 2.05) is 48.5 Å². The van der Waals surface area contributed by atoms with E-state index in [9.17, 15) is 0 Å². The van der Waals surface area contributed by atoms with Gasteiger partial charge in [-0.1, -0.05) is 88.2 Å². The summed E-state index contributed by atoms with van der Waals surface area (Å²) in [5, 5.41) is 0. The lowest BCUT2D eigenvalue weighted by atomic mass is 10.6. The van der Waals surface area contributed by atoms with Crippen molar-refractivity contribution in [2.75, 3.05) is 0 Å². The quantitative estimate of drug-likeness (QED) is 0.382. The van der Waals surface area contributed by atoms with Gasteiger partial charge in [0.2, 0.25) is 0 Å². The third kappa shape index (κ3) is 28000.